The number of nitrogens with one attached hydrogen (secondary N) is 1. The van der Waals surface area contributed by atoms with E-state index < -0.39 is 0 Å². The maximum Gasteiger partial charge on any atom is 0.123 e. The Balaban J connectivity index is 1.92. The number of halogens is 1. The van der Waals surface area contributed by atoms with E-state index in [9.17, 15) is 4.39 Å². The fourth-order valence-corrected chi connectivity index (χ4v) is 1.71. The number of hydrazine groups is 1. The van der Waals surface area contributed by atoms with Gasteiger partial charge in [0.1, 0.15) is 5.82 Å². The van der Waals surface area contributed by atoms with Crippen LogP contribution in [0.15, 0.2) is 24.3 Å². The quantitative estimate of drug-likeness (QED) is 0.778. The normalized spacial score (nSPS) is 18.1. The molecule has 0 amide bonds. The highest BCUT2D eigenvalue weighted by Gasteiger charge is 2.08. The van der Waals surface area contributed by atoms with Crippen molar-refractivity contribution >= 4 is 5.69 Å². The number of anilines is 1. The van der Waals surface area contributed by atoms with Gasteiger partial charge in [0, 0.05) is 18.8 Å². The minimum atomic E-state index is -0.186. The molecule has 1 fully saturated rings. The molecule has 0 atom stereocenters. The number of hydrogen-bond acceptors (Lipinski definition) is 2. The Morgan fingerprint density at radius 3 is 2.29 bits per heavy atom. The van der Waals surface area contributed by atoms with E-state index in [0.717, 1.165) is 18.8 Å². The van der Waals surface area contributed by atoms with Crippen LogP contribution in [-0.2, 0) is 0 Å². The third kappa shape index (κ3) is 2.45. The van der Waals surface area contributed by atoms with E-state index in [4.69, 9.17) is 0 Å². The van der Waals surface area contributed by atoms with E-state index >= 15 is 0 Å². The summed E-state index contributed by atoms with van der Waals surface area (Å²) in [5.41, 5.74) is 4.24. The highest BCUT2D eigenvalue weighted by Crippen LogP contribution is 2.13. The molecule has 1 N–H and O–H groups in total. The van der Waals surface area contributed by atoms with Crippen molar-refractivity contribution < 1.29 is 4.39 Å². The lowest BCUT2D eigenvalue weighted by molar-refractivity contribution is 0.273. The molecular weight excluding hydrogens is 179 g/mol. The maximum absolute atomic E-state index is 12.6. The van der Waals surface area contributed by atoms with E-state index in [1.165, 1.54) is 31.4 Å². The molecule has 0 aromatic heterocycles. The standard InChI is InChI=1S/C11H15FN2/c12-10-4-6-11(7-5-10)13-14-8-2-1-3-9-14/h4-7,13H,1-3,8-9H2. The van der Waals surface area contributed by atoms with Crippen LogP contribution in [0.1, 0.15) is 19.3 Å². The summed E-state index contributed by atoms with van der Waals surface area (Å²) in [6.45, 7) is 2.16. The van der Waals surface area contributed by atoms with Crippen LogP contribution in [0.4, 0.5) is 10.1 Å². The van der Waals surface area contributed by atoms with Crippen molar-refractivity contribution in [2.24, 2.45) is 0 Å². The molecule has 0 radical (unpaired) electrons. The third-order valence-corrected chi connectivity index (χ3v) is 2.49. The van der Waals surface area contributed by atoms with Crippen LogP contribution >= 0.6 is 0 Å². The average Bonchev–Trinajstić information content (AvgIpc) is 2.23. The lowest BCUT2D eigenvalue weighted by Crippen LogP contribution is -2.34. The van der Waals surface area contributed by atoms with Crippen LogP contribution in [0.25, 0.3) is 0 Å². The molecule has 14 heavy (non-hydrogen) atoms. The number of rotatable bonds is 2. The molecule has 1 saturated heterocycles. The fourth-order valence-electron chi connectivity index (χ4n) is 1.71. The van der Waals surface area contributed by atoms with Gasteiger partial charge in [-0.1, -0.05) is 6.42 Å². The second kappa shape index (κ2) is 4.42. The van der Waals surface area contributed by atoms with Gasteiger partial charge in [-0.05, 0) is 37.1 Å². The molecule has 76 valence electrons. The molecule has 2 nitrogen and oxygen atoms in total. The first-order valence-corrected chi connectivity index (χ1v) is 5.12. The average molecular weight is 194 g/mol. The lowest BCUT2D eigenvalue weighted by atomic mass is 10.2. The summed E-state index contributed by atoms with van der Waals surface area (Å²) in [5, 5.41) is 2.19. The molecule has 0 unspecified atom stereocenters. The fraction of sp³-hybridized carbons (Fsp3) is 0.455. The van der Waals surface area contributed by atoms with Crippen molar-refractivity contribution in [2.45, 2.75) is 19.3 Å². The first-order valence-electron chi connectivity index (χ1n) is 5.12. The van der Waals surface area contributed by atoms with Gasteiger partial charge < -0.3 is 5.43 Å². The Kier molecular flexibility index (Phi) is 2.99. The van der Waals surface area contributed by atoms with E-state index in [1.54, 1.807) is 12.1 Å². The predicted molar refractivity (Wildman–Crippen MR) is 55.4 cm³/mol. The summed E-state index contributed by atoms with van der Waals surface area (Å²) < 4.78 is 12.6. The molecule has 0 aliphatic carbocycles. The molecule has 0 spiro atoms. The van der Waals surface area contributed by atoms with Crippen molar-refractivity contribution in [3.63, 3.8) is 0 Å². The molecule has 1 aromatic rings. The van der Waals surface area contributed by atoms with Gasteiger partial charge in [0.15, 0.2) is 0 Å². The topological polar surface area (TPSA) is 15.3 Å². The summed E-state index contributed by atoms with van der Waals surface area (Å²) in [6.07, 6.45) is 3.81. The molecule has 2 rings (SSSR count). The van der Waals surface area contributed by atoms with Gasteiger partial charge in [0.25, 0.3) is 0 Å². The van der Waals surface area contributed by atoms with Crippen molar-refractivity contribution in [1.82, 2.24) is 5.01 Å². The summed E-state index contributed by atoms with van der Waals surface area (Å²) in [4.78, 5) is 0. The van der Waals surface area contributed by atoms with Crippen LogP contribution in [-0.4, -0.2) is 18.1 Å². The van der Waals surface area contributed by atoms with Crippen LogP contribution in [0, 0.1) is 5.82 Å². The Morgan fingerprint density at radius 1 is 1.00 bits per heavy atom. The van der Waals surface area contributed by atoms with Gasteiger partial charge in [-0.3, -0.25) is 0 Å². The molecule has 3 heteroatoms. The van der Waals surface area contributed by atoms with Gasteiger partial charge in [0.2, 0.25) is 0 Å². The summed E-state index contributed by atoms with van der Waals surface area (Å²) in [6, 6.07) is 6.49. The zero-order valence-corrected chi connectivity index (χ0v) is 8.17. The highest BCUT2D eigenvalue weighted by atomic mass is 19.1. The molecule has 1 heterocycles. The number of benzene rings is 1. The van der Waals surface area contributed by atoms with Gasteiger partial charge in [0.05, 0.1) is 0 Å². The molecule has 1 aromatic carbocycles. The zero-order valence-electron chi connectivity index (χ0n) is 8.17. The SMILES string of the molecule is Fc1ccc(NN2CCCCC2)cc1. The minimum absolute atomic E-state index is 0.186. The Morgan fingerprint density at radius 2 is 1.64 bits per heavy atom. The number of piperidine rings is 1. The van der Waals surface area contributed by atoms with Crippen LogP contribution in [0.3, 0.4) is 0 Å². The van der Waals surface area contributed by atoms with Gasteiger partial charge in [-0.2, -0.15) is 0 Å². The largest absolute Gasteiger partial charge is 0.319 e. The lowest BCUT2D eigenvalue weighted by Gasteiger charge is -2.27. The molecule has 1 aliphatic heterocycles. The minimum Gasteiger partial charge on any atom is -0.319 e. The van der Waals surface area contributed by atoms with Crippen molar-refractivity contribution in [3.8, 4) is 0 Å². The highest BCUT2D eigenvalue weighted by molar-refractivity contribution is 5.41. The Labute approximate surface area is 83.7 Å². The predicted octanol–water partition coefficient (Wildman–Crippen LogP) is 2.64. The van der Waals surface area contributed by atoms with Crippen LogP contribution in [0.2, 0.25) is 0 Å². The molecule has 0 saturated carbocycles. The summed E-state index contributed by atoms with van der Waals surface area (Å²) in [7, 11) is 0. The second-order valence-corrected chi connectivity index (χ2v) is 3.67. The third-order valence-electron chi connectivity index (χ3n) is 2.49. The van der Waals surface area contributed by atoms with E-state index in [2.05, 4.69) is 10.4 Å². The first-order chi connectivity index (χ1) is 6.84. The molecule has 0 bridgehead atoms. The van der Waals surface area contributed by atoms with Crippen molar-refractivity contribution in [2.75, 3.05) is 18.5 Å². The number of hydrogen-bond donors (Lipinski definition) is 1. The van der Waals surface area contributed by atoms with E-state index in [-0.39, 0.29) is 5.82 Å². The van der Waals surface area contributed by atoms with Crippen LogP contribution in [0.5, 0.6) is 0 Å². The smallest absolute Gasteiger partial charge is 0.123 e. The summed E-state index contributed by atoms with van der Waals surface area (Å²) in [5.74, 6) is -0.186. The zero-order chi connectivity index (χ0) is 9.80. The molecular formula is C11H15FN2. The first kappa shape index (κ1) is 9.46. The van der Waals surface area contributed by atoms with Crippen molar-refractivity contribution in [3.05, 3.63) is 30.1 Å². The van der Waals surface area contributed by atoms with Crippen molar-refractivity contribution in [1.29, 1.82) is 0 Å². The molecule has 1 aliphatic rings. The maximum atomic E-state index is 12.6. The van der Waals surface area contributed by atoms with Gasteiger partial charge in [-0.15, -0.1) is 0 Å². The van der Waals surface area contributed by atoms with Gasteiger partial charge >= 0.3 is 0 Å². The number of nitrogens with zero attached hydrogens (tertiary/aromatic N) is 1. The summed E-state index contributed by atoms with van der Waals surface area (Å²) >= 11 is 0. The second-order valence-electron chi connectivity index (χ2n) is 3.67. The van der Waals surface area contributed by atoms with Crippen LogP contribution < -0.4 is 5.43 Å². The monoisotopic (exact) mass is 194 g/mol. The van der Waals surface area contributed by atoms with E-state index in [1.807, 2.05) is 0 Å². The Bertz CT molecular complexity index is 278. The van der Waals surface area contributed by atoms with Gasteiger partial charge in [-0.25, -0.2) is 9.40 Å². The van der Waals surface area contributed by atoms with E-state index in [0.29, 0.717) is 0 Å². The Hall–Kier alpha value is -1.09.